The van der Waals surface area contributed by atoms with Crippen LogP contribution in [0.2, 0.25) is 5.02 Å². The molecule has 1 atom stereocenters. The number of rotatable bonds is 5. The number of hydrogen-bond donors (Lipinski definition) is 1. The number of amides is 1. The molecule has 3 aromatic rings. The van der Waals surface area contributed by atoms with E-state index in [1.165, 1.54) is 0 Å². The maximum atomic E-state index is 13.0. The van der Waals surface area contributed by atoms with E-state index in [1.54, 1.807) is 16.8 Å². The summed E-state index contributed by atoms with van der Waals surface area (Å²) in [6.45, 7) is 3.88. The number of carbonyl (C=O) groups excluding carboxylic acids is 1. The zero-order valence-electron chi connectivity index (χ0n) is 15.3. The largest absolute Gasteiger partial charge is 0.344 e. The van der Waals surface area contributed by atoms with Crippen molar-refractivity contribution in [2.75, 3.05) is 0 Å². The Morgan fingerprint density at radius 3 is 2.56 bits per heavy atom. The topological polar surface area (TPSA) is 59.8 Å². The number of nitrogens with one attached hydrogen (secondary N) is 1. The van der Waals surface area contributed by atoms with Crippen LogP contribution in [0.3, 0.4) is 0 Å². The standard InChI is InChI=1S/C21H21ClN4O/c1-13-12-14(2)26(25-13)18-11-10-17(22)20(23-18)21(27)24-19(16-8-9-16)15-6-4-3-5-7-15/h3-7,10-12,16,19H,8-9H2,1-2H3,(H,24,27). The van der Waals surface area contributed by atoms with Crippen molar-refractivity contribution in [2.24, 2.45) is 5.92 Å². The molecule has 0 aliphatic heterocycles. The van der Waals surface area contributed by atoms with Crippen LogP contribution in [0.5, 0.6) is 0 Å². The molecule has 1 amide bonds. The average molecular weight is 381 g/mol. The minimum atomic E-state index is -0.260. The molecule has 0 radical (unpaired) electrons. The molecule has 5 nitrogen and oxygen atoms in total. The van der Waals surface area contributed by atoms with Gasteiger partial charge in [-0.3, -0.25) is 4.79 Å². The van der Waals surface area contributed by atoms with Crippen molar-refractivity contribution < 1.29 is 4.79 Å². The van der Waals surface area contributed by atoms with Gasteiger partial charge in [-0.1, -0.05) is 41.9 Å². The summed E-state index contributed by atoms with van der Waals surface area (Å²) < 4.78 is 1.72. The zero-order chi connectivity index (χ0) is 19.0. The van der Waals surface area contributed by atoms with Crippen molar-refractivity contribution in [1.82, 2.24) is 20.1 Å². The van der Waals surface area contributed by atoms with E-state index in [-0.39, 0.29) is 17.6 Å². The van der Waals surface area contributed by atoms with Crippen molar-refractivity contribution in [3.63, 3.8) is 0 Å². The molecule has 0 spiro atoms. The van der Waals surface area contributed by atoms with Gasteiger partial charge in [0, 0.05) is 5.69 Å². The second-order valence-corrected chi connectivity index (χ2v) is 7.45. The Morgan fingerprint density at radius 1 is 1.19 bits per heavy atom. The lowest BCUT2D eigenvalue weighted by atomic mass is 10.0. The molecule has 4 rings (SSSR count). The second-order valence-electron chi connectivity index (χ2n) is 7.04. The van der Waals surface area contributed by atoms with E-state index < -0.39 is 0 Å². The first-order chi connectivity index (χ1) is 13.0. The Morgan fingerprint density at radius 2 is 1.93 bits per heavy atom. The summed E-state index contributed by atoms with van der Waals surface area (Å²) in [5, 5.41) is 7.91. The Balaban J connectivity index is 1.63. The Bertz CT molecular complexity index is 979. The van der Waals surface area contributed by atoms with E-state index in [9.17, 15) is 4.79 Å². The summed E-state index contributed by atoms with van der Waals surface area (Å²) in [6, 6.07) is 15.5. The first-order valence-corrected chi connectivity index (χ1v) is 9.47. The van der Waals surface area contributed by atoms with Gasteiger partial charge in [0.1, 0.15) is 5.69 Å². The molecule has 1 saturated carbocycles. The van der Waals surface area contributed by atoms with Crippen LogP contribution >= 0.6 is 11.6 Å². The predicted octanol–water partition coefficient (Wildman–Crippen LogP) is 4.42. The fourth-order valence-electron chi connectivity index (χ4n) is 3.34. The number of carbonyl (C=O) groups is 1. The van der Waals surface area contributed by atoms with E-state index in [1.807, 2.05) is 50.2 Å². The molecule has 1 aromatic carbocycles. The normalized spacial score (nSPS) is 14.8. The molecule has 1 unspecified atom stereocenters. The van der Waals surface area contributed by atoms with Gasteiger partial charge >= 0.3 is 0 Å². The molecule has 1 N–H and O–H groups in total. The number of benzene rings is 1. The van der Waals surface area contributed by atoms with E-state index >= 15 is 0 Å². The minimum Gasteiger partial charge on any atom is -0.344 e. The fourth-order valence-corrected chi connectivity index (χ4v) is 3.53. The molecule has 138 valence electrons. The Kier molecular flexibility index (Phi) is 4.70. The summed E-state index contributed by atoms with van der Waals surface area (Å²) in [7, 11) is 0. The highest BCUT2D eigenvalue weighted by Crippen LogP contribution is 2.41. The molecule has 0 saturated heterocycles. The molecule has 6 heteroatoms. The molecule has 2 aromatic heterocycles. The van der Waals surface area contributed by atoms with Gasteiger partial charge in [-0.15, -0.1) is 0 Å². The molecule has 1 fully saturated rings. The lowest BCUT2D eigenvalue weighted by Crippen LogP contribution is -2.31. The smallest absolute Gasteiger partial charge is 0.272 e. The van der Waals surface area contributed by atoms with Gasteiger partial charge in [0.05, 0.1) is 16.8 Å². The van der Waals surface area contributed by atoms with E-state index in [0.29, 0.717) is 16.8 Å². The number of pyridine rings is 1. The van der Waals surface area contributed by atoms with Crippen LogP contribution in [0.4, 0.5) is 0 Å². The van der Waals surface area contributed by atoms with Crippen LogP contribution in [-0.2, 0) is 0 Å². The van der Waals surface area contributed by atoms with Gasteiger partial charge in [-0.05, 0) is 56.4 Å². The van der Waals surface area contributed by atoms with Gasteiger partial charge in [-0.2, -0.15) is 5.10 Å². The lowest BCUT2D eigenvalue weighted by molar-refractivity contribution is 0.0926. The van der Waals surface area contributed by atoms with Crippen LogP contribution in [0, 0.1) is 19.8 Å². The zero-order valence-corrected chi connectivity index (χ0v) is 16.1. The fraction of sp³-hybridized carbons (Fsp3) is 0.286. The van der Waals surface area contributed by atoms with Crippen molar-refractivity contribution >= 4 is 17.5 Å². The van der Waals surface area contributed by atoms with Crippen molar-refractivity contribution in [3.05, 3.63) is 76.2 Å². The average Bonchev–Trinajstić information content (AvgIpc) is 3.44. The Labute approximate surface area is 163 Å². The van der Waals surface area contributed by atoms with Gasteiger partial charge in [-0.25, -0.2) is 9.67 Å². The van der Waals surface area contributed by atoms with Crippen LogP contribution in [-0.4, -0.2) is 20.7 Å². The number of aromatic nitrogens is 3. The van der Waals surface area contributed by atoms with Gasteiger partial charge in [0.25, 0.3) is 5.91 Å². The number of nitrogens with zero attached hydrogens (tertiary/aromatic N) is 3. The molecule has 1 aliphatic carbocycles. The quantitative estimate of drug-likeness (QED) is 0.712. The summed E-state index contributed by atoms with van der Waals surface area (Å²) in [4.78, 5) is 17.5. The van der Waals surface area contributed by atoms with Crippen molar-refractivity contribution in [1.29, 1.82) is 0 Å². The molecule has 2 heterocycles. The summed E-state index contributed by atoms with van der Waals surface area (Å²) >= 11 is 6.30. The van der Waals surface area contributed by atoms with Crippen molar-refractivity contribution in [3.8, 4) is 5.82 Å². The highest BCUT2D eigenvalue weighted by Gasteiger charge is 2.34. The monoisotopic (exact) mass is 380 g/mol. The molecule has 27 heavy (non-hydrogen) atoms. The van der Waals surface area contributed by atoms with Gasteiger partial charge < -0.3 is 5.32 Å². The number of aryl methyl sites for hydroxylation is 2. The van der Waals surface area contributed by atoms with Crippen LogP contribution in [0.1, 0.15) is 46.3 Å². The SMILES string of the molecule is Cc1cc(C)n(-c2ccc(Cl)c(C(=O)NC(c3ccccc3)C3CC3)n2)n1. The molecular formula is C21H21ClN4O. The first kappa shape index (κ1) is 17.7. The molecule has 1 aliphatic rings. The maximum Gasteiger partial charge on any atom is 0.272 e. The minimum absolute atomic E-state index is 0.0195. The summed E-state index contributed by atoms with van der Waals surface area (Å²) in [6.07, 6.45) is 2.24. The third-order valence-corrected chi connectivity index (χ3v) is 5.12. The lowest BCUT2D eigenvalue weighted by Gasteiger charge is -2.19. The van der Waals surface area contributed by atoms with E-state index in [4.69, 9.17) is 11.6 Å². The van der Waals surface area contributed by atoms with Gasteiger partial charge in [0.15, 0.2) is 5.82 Å². The van der Waals surface area contributed by atoms with E-state index in [0.717, 1.165) is 29.8 Å². The third kappa shape index (κ3) is 3.74. The first-order valence-electron chi connectivity index (χ1n) is 9.09. The number of halogens is 1. The Hall–Kier alpha value is -2.66. The highest BCUT2D eigenvalue weighted by molar-refractivity contribution is 6.33. The molecule has 0 bridgehead atoms. The van der Waals surface area contributed by atoms with Crippen LogP contribution in [0.25, 0.3) is 5.82 Å². The summed E-state index contributed by atoms with van der Waals surface area (Å²) in [5.74, 6) is 0.788. The summed E-state index contributed by atoms with van der Waals surface area (Å²) in [5.41, 5.74) is 3.18. The number of hydrogen-bond acceptors (Lipinski definition) is 3. The van der Waals surface area contributed by atoms with Crippen LogP contribution in [0.15, 0.2) is 48.5 Å². The van der Waals surface area contributed by atoms with Gasteiger partial charge in [0.2, 0.25) is 0 Å². The second kappa shape index (κ2) is 7.16. The third-order valence-electron chi connectivity index (χ3n) is 4.81. The molecular weight excluding hydrogens is 360 g/mol. The predicted molar refractivity (Wildman–Crippen MR) is 105 cm³/mol. The van der Waals surface area contributed by atoms with Crippen LogP contribution < -0.4 is 5.32 Å². The van der Waals surface area contributed by atoms with E-state index in [2.05, 4.69) is 15.4 Å². The highest BCUT2D eigenvalue weighted by atomic mass is 35.5. The maximum absolute atomic E-state index is 13.0. The van der Waals surface area contributed by atoms with Crippen molar-refractivity contribution in [2.45, 2.75) is 32.7 Å².